The summed E-state index contributed by atoms with van der Waals surface area (Å²) in [6, 6.07) is 10.9. The molecule has 25 heavy (non-hydrogen) atoms. The summed E-state index contributed by atoms with van der Waals surface area (Å²) in [4.78, 5) is 0. The van der Waals surface area contributed by atoms with E-state index in [0.29, 0.717) is 45.2 Å². The lowest BCUT2D eigenvalue weighted by atomic mass is 9.91. The summed E-state index contributed by atoms with van der Waals surface area (Å²) in [6.07, 6.45) is 3.98. The first-order chi connectivity index (χ1) is 12.1. The number of benzene rings is 1. The second-order valence-electron chi connectivity index (χ2n) is 6.09. The molecule has 0 saturated carbocycles. The van der Waals surface area contributed by atoms with Gasteiger partial charge in [-0.3, -0.25) is 0 Å². The van der Waals surface area contributed by atoms with Crippen LogP contribution in [0.1, 0.15) is 32.3 Å². The summed E-state index contributed by atoms with van der Waals surface area (Å²) in [5.74, 6) is 0. The highest BCUT2D eigenvalue weighted by Gasteiger charge is 2.47. The fraction of sp³-hybridized carbons (Fsp3) is 0.579. The van der Waals surface area contributed by atoms with Gasteiger partial charge in [-0.1, -0.05) is 36.4 Å². The molecule has 0 bridgehead atoms. The van der Waals surface area contributed by atoms with Crippen molar-refractivity contribution in [1.82, 2.24) is 0 Å². The van der Waals surface area contributed by atoms with Crippen LogP contribution in [0.2, 0.25) is 6.04 Å². The zero-order chi connectivity index (χ0) is 18.6. The van der Waals surface area contributed by atoms with E-state index in [1.165, 1.54) is 5.56 Å². The SMILES string of the molecule is C=CCC(CN)(Cc1ccccc1)O[Si](CCCN)(OCC)OCC. The average Bonchev–Trinajstić information content (AvgIpc) is 2.61. The first-order valence-corrected chi connectivity index (χ1v) is 11.1. The van der Waals surface area contributed by atoms with E-state index in [2.05, 4.69) is 18.7 Å². The Labute approximate surface area is 153 Å². The summed E-state index contributed by atoms with van der Waals surface area (Å²) in [5, 5.41) is 0. The summed E-state index contributed by atoms with van der Waals surface area (Å²) < 4.78 is 18.8. The zero-order valence-electron chi connectivity index (χ0n) is 15.7. The van der Waals surface area contributed by atoms with E-state index < -0.39 is 14.4 Å². The number of rotatable bonds is 14. The molecular weight excluding hydrogens is 332 g/mol. The molecule has 0 heterocycles. The smallest absolute Gasteiger partial charge is 0.374 e. The molecule has 0 aliphatic rings. The predicted molar refractivity (Wildman–Crippen MR) is 105 cm³/mol. The van der Waals surface area contributed by atoms with Gasteiger partial charge < -0.3 is 24.7 Å². The monoisotopic (exact) mass is 366 g/mol. The lowest BCUT2D eigenvalue weighted by molar-refractivity contribution is -0.0241. The highest BCUT2D eigenvalue weighted by atomic mass is 28.4. The van der Waals surface area contributed by atoms with Gasteiger partial charge in [0.2, 0.25) is 0 Å². The Hall–Kier alpha value is -1.02. The van der Waals surface area contributed by atoms with Gasteiger partial charge in [0.05, 0.1) is 5.60 Å². The molecule has 6 heteroatoms. The highest BCUT2D eigenvalue weighted by molar-refractivity contribution is 6.60. The molecule has 0 saturated heterocycles. The van der Waals surface area contributed by atoms with Gasteiger partial charge >= 0.3 is 8.80 Å². The van der Waals surface area contributed by atoms with Crippen molar-refractivity contribution in [1.29, 1.82) is 0 Å². The third-order valence-electron chi connectivity index (χ3n) is 4.05. The number of hydrogen-bond acceptors (Lipinski definition) is 5. The van der Waals surface area contributed by atoms with E-state index in [0.717, 1.165) is 6.42 Å². The summed E-state index contributed by atoms with van der Waals surface area (Å²) in [7, 11) is -2.87. The van der Waals surface area contributed by atoms with Crippen LogP contribution in [0.25, 0.3) is 0 Å². The van der Waals surface area contributed by atoms with Crippen LogP contribution in [-0.2, 0) is 19.7 Å². The fourth-order valence-electron chi connectivity index (χ4n) is 2.96. The second kappa shape index (κ2) is 11.6. The standard InChI is InChI=1S/C19H34N2O3Si/c1-4-13-19(17-21,16-18-11-8-7-9-12-18)24-25(22-5-2,23-6-3)15-10-14-20/h4,7-9,11-12H,1,5-6,10,13-17,20-21H2,2-3H3. The first kappa shape index (κ1) is 22.0. The molecule has 1 atom stereocenters. The van der Waals surface area contributed by atoms with Crippen molar-refractivity contribution in [2.24, 2.45) is 11.5 Å². The molecule has 0 aromatic heterocycles. The Balaban J connectivity index is 3.13. The first-order valence-electron chi connectivity index (χ1n) is 9.12. The molecule has 4 N–H and O–H groups in total. The molecule has 0 spiro atoms. The van der Waals surface area contributed by atoms with Gasteiger partial charge in [-0.25, -0.2) is 0 Å². The molecule has 1 aromatic rings. The Morgan fingerprint density at radius 1 is 1.12 bits per heavy atom. The quantitative estimate of drug-likeness (QED) is 0.391. The molecule has 1 unspecified atom stereocenters. The van der Waals surface area contributed by atoms with Crippen LogP contribution in [0.4, 0.5) is 0 Å². The minimum Gasteiger partial charge on any atom is -0.374 e. The normalized spacial score (nSPS) is 14.2. The molecule has 5 nitrogen and oxygen atoms in total. The summed E-state index contributed by atoms with van der Waals surface area (Å²) in [6.45, 7) is 9.84. The molecule has 0 aliphatic carbocycles. The Kier molecular flexibility index (Phi) is 10.2. The van der Waals surface area contributed by atoms with Crippen molar-refractivity contribution in [2.45, 2.75) is 44.8 Å². The van der Waals surface area contributed by atoms with Crippen molar-refractivity contribution < 1.29 is 13.3 Å². The van der Waals surface area contributed by atoms with Crippen molar-refractivity contribution in [2.75, 3.05) is 26.3 Å². The van der Waals surface area contributed by atoms with E-state index in [9.17, 15) is 0 Å². The third kappa shape index (κ3) is 7.01. The maximum atomic E-state index is 6.64. The molecule has 0 amide bonds. The van der Waals surface area contributed by atoms with Crippen molar-refractivity contribution in [3.8, 4) is 0 Å². The Bertz CT molecular complexity index is 481. The third-order valence-corrected chi connectivity index (χ3v) is 7.21. The van der Waals surface area contributed by atoms with Crippen LogP contribution >= 0.6 is 0 Å². The lowest BCUT2D eigenvalue weighted by Gasteiger charge is -2.40. The molecule has 1 rings (SSSR count). The van der Waals surface area contributed by atoms with Crippen LogP contribution < -0.4 is 11.5 Å². The van der Waals surface area contributed by atoms with Crippen molar-refractivity contribution in [3.63, 3.8) is 0 Å². The summed E-state index contributed by atoms with van der Waals surface area (Å²) >= 11 is 0. The Morgan fingerprint density at radius 3 is 2.24 bits per heavy atom. The largest absolute Gasteiger partial charge is 0.501 e. The van der Waals surface area contributed by atoms with Crippen LogP contribution in [0.5, 0.6) is 0 Å². The maximum absolute atomic E-state index is 6.64. The van der Waals surface area contributed by atoms with Gasteiger partial charge in [0.25, 0.3) is 0 Å². The number of nitrogens with two attached hydrogens (primary N) is 2. The van der Waals surface area contributed by atoms with Gasteiger partial charge in [-0.2, -0.15) is 0 Å². The molecule has 0 radical (unpaired) electrons. The fourth-order valence-corrected chi connectivity index (χ4v) is 5.97. The molecular formula is C19H34N2O3Si. The van der Waals surface area contributed by atoms with E-state index in [-0.39, 0.29) is 0 Å². The van der Waals surface area contributed by atoms with Gasteiger partial charge in [0.1, 0.15) is 0 Å². The summed E-state index contributed by atoms with van der Waals surface area (Å²) in [5.41, 5.74) is 12.5. The van der Waals surface area contributed by atoms with Gasteiger partial charge in [-0.05, 0) is 38.8 Å². The van der Waals surface area contributed by atoms with E-state index >= 15 is 0 Å². The van der Waals surface area contributed by atoms with Crippen LogP contribution in [0, 0.1) is 0 Å². The van der Waals surface area contributed by atoms with E-state index in [4.69, 9.17) is 24.7 Å². The second-order valence-corrected chi connectivity index (χ2v) is 8.73. The average molecular weight is 367 g/mol. The molecule has 0 aliphatic heterocycles. The minimum absolute atomic E-state index is 0.367. The van der Waals surface area contributed by atoms with Crippen molar-refractivity contribution >= 4 is 8.80 Å². The Morgan fingerprint density at radius 2 is 1.76 bits per heavy atom. The van der Waals surface area contributed by atoms with Gasteiger partial charge in [0, 0.05) is 32.2 Å². The molecule has 1 aromatic carbocycles. The van der Waals surface area contributed by atoms with Crippen molar-refractivity contribution in [3.05, 3.63) is 48.6 Å². The maximum Gasteiger partial charge on any atom is 0.501 e. The van der Waals surface area contributed by atoms with Gasteiger partial charge in [-0.15, -0.1) is 6.58 Å². The van der Waals surface area contributed by atoms with Gasteiger partial charge in [0.15, 0.2) is 0 Å². The highest BCUT2D eigenvalue weighted by Crippen LogP contribution is 2.30. The molecule has 142 valence electrons. The van der Waals surface area contributed by atoms with Crippen LogP contribution in [-0.4, -0.2) is 40.7 Å². The van der Waals surface area contributed by atoms with E-state index in [1.54, 1.807) is 0 Å². The topological polar surface area (TPSA) is 79.7 Å². The van der Waals surface area contributed by atoms with E-state index in [1.807, 2.05) is 38.1 Å². The van der Waals surface area contributed by atoms with Crippen LogP contribution in [0.15, 0.2) is 43.0 Å². The zero-order valence-corrected chi connectivity index (χ0v) is 16.7. The predicted octanol–water partition coefficient (Wildman–Crippen LogP) is 2.88. The minimum atomic E-state index is -2.87. The van der Waals surface area contributed by atoms with Crippen LogP contribution in [0.3, 0.4) is 0 Å². The lowest BCUT2D eigenvalue weighted by Crippen LogP contribution is -2.56. The molecule has 0 fully saturated rings. The number of hydrogen-bond donors (Lipinski definition) is 2.